The van der Waals surface area contributed by atoms with Crippen molar-refractivity contribution >= 4 is 20.9 Å². The van der Waals surface area contributed by atoms with Gasteiger partial charge in [0.1, 0.15) is 0 Å². The predicted octanol–water partition coefficient (Wildman–Crippen LogP) is 4.10. The number of rotatable bonds is 5. The Balaban J connectivity index is 1.62. The number of hydrogen-bond donors (Lipinski definition) is 2. The summed E-state index contributed by atoms with van der Waals surface area (Å²) in [5, 5.41) is 1.20. The fraction of sp³-hybridized carbons (Fsp3) is 0.333. The van der Waals surface area contributed by atoms with Gasteiger partial charge in [-0.25, -0.2) is 13.1 Å². The number of H-pyrrole nitrogens is 1. The fourth-order valence-corrected chi connectivity index (χ4v) is 5.04. The van der Waals surface area contributed by atoms with E-state index in [1.165, 1.54) is 10.9 Å². The molecular weight excluding hydrogens is 344 g/mol. The van der Waals surface area contributed by atoms with Gasteiger partial charge in [-0.15, -0.1) is 0 Å². The van der Waals surface area contributed by atoms with E-state index < -0.39 is 10.0 Å². The number of para-hydroxylation sites is 1. The second-order valence-corrected chi connectivity index (χ2v) is 9.29. The molecule has 4 nitrogen and oxygen atoms in total. The second-order valence-electron chi connectivity index (χ2n) is 7.52. The van der Waals surface area contributed by atoms with Crippen LogP contribution in [0.15, 0.2) is 47.4 Å². The summed E-state index contributed by atoms with van der Waals surface area (Å²) in [6.45, 7) is 6.43. The van der Waals surface area contributed by atoms with E-state index in [1.807, 2.05) is 32.0 Å². The second kappa shape index (κ2) is 5.96. The molecule has 0 amide bonds. The maximum absolute atomic E-state index is 12.8. The molecule has 1 aliphatic carbocycles. The zero-order valence-corrected chi connectivity index (χ0v) is 16.2. The predicted molar refractivity (Wildman–Crippen MR) is 105 cm³/mol. The number of aromatic nitrogens is 1. The van der Waals surface area contributed by atoms with E-state index in [-0.39, 0.29) is 5.41 Å². The molecule has 1 aromatic heterocycles. The lowest BCUT2D eigenvalue weighted by atomic mass is 9.93. The smallest absolute Gasteiger partial charge is 0.240 e. The van der Waals surface area contributed by atoms with Gasteiger partial charge in [0.15, 0.2) is 0 Å². The van der Waals surface area contributed by atoms with E-state index in [0.717, 1.165) is 35.2 Å². The fourth-order valence-electron chi connectivity index (χ4n) is 3.82. The van der Waals surface area contributed by atoms with Crippen molar-refractivity contribution in [3.05, 3.63) is 64.8 Å². The Morgan fingerprint density at radius 3 is 2.46 bits per heavy atom. The summed E-state index contributed by atoms with van der Waals surface area (Å²) in [6, 6.07) is 13.5. The van der Waals surface area contributed by atoms with Gasteiger partial charge in [-0.2, -0.15) is 0 Å². The van der Waals surface area contributed by atoms with E-state index in [4.69, 9.17) is 0 Å². The molecule has 1 heterocycles. The molecule has 0 saturated heterocycles. The SMILES string of the molecule is Cc1ccc(S(=O)(=O)NCC2(c3c(C)[nH]c4ccccc34)CC2)cc1C. The quantitative estimate of drug-likeness (QED) is 0.712. The van der Waals surface area contributed by atoms with Gasteiger partial charge in [0.2, 0.25) is 10.0 Å². The van der Waals surface area contributed by atoms with Gasteiger partial charge in [0.25, 0.3) is 0 Å². The molecule has 5 heteroatoms. The number of hydrogen-bond acceptors (Lipinski definition) is 2. The Morgan fingerprint density at radius 2 is 1.77 bits per heavy atom. The average molecular weight is 369 g/mol. The van der Waals surface area contributed by atoms with E-state index in [1.54, 1.807) is 12.1 Å². The number of nitrogens with one attached hydrogen (secondary N) is 2. The minimum Gasteiger partial charge on any atom is -0.358 e. The molecule has 0 aliphatic heterocycles. The van der Waals surface area contributed by atoms with Crippen molar-refractivity contribution in [3.63, 3.8) is 0 Å². The molecule has 2 N–H and O–H groups in total. The average Bonchev–Trinajstić information content (AvgIpc) is 3.30. The van der Waals surface area contributed by atoms with Crippen molar-refractivity contribution in [2.75, 3.05) is 6.54 Å². The van der Waals surface area contributed by atoms with Crippen LogP contribution in [-0.2, 0) is 15.4 Å². The molecular formula is C21H24N2O2S. The topological polar surface area (TPSA) is 62.0 Å². The normalized spacial score (nSPS) is 16.1. The maximum Gasteiger partial charge on any atom is 0.240 e. The van der Waals surface area contributed by atoms with Gasteiger partial charge in [-0.05, 0) is 68.5 Å². The first-order chi connectivity index (χ1) is 12.3. The summed E-state index contributed by atoms with van der Waals surface area (Å²) in [5.41, 5.74) is 5.49. The molecule has 0 radical (unpaired) electrons. The maximum atomic E-state index is 12.8. The molecule has 26 heavy (non-hydrogen) atoms. The van der Waals surface area contributed by atoms with Crippen molar-refractivity contribution in [1.82, 2.24) is 9.71 Å². The summed E-state index contributed by atoms with van der Waals surface area (Å²) in [7, 11) is -3.51. The standard InChI is InChI=1S/C21H24N2O2S/c1-14-8-9-17(12-15(14)2)26(24,25)22-13-21(10-11-21)20-16(3)23-19-7-5-4-6-18(19)20/h4-9,12,22-23H,10-11,13H2,1-3H3. The van der Waals surface area contributed by atoms with Gasteiger partial charge in [0, 0.05) is 28.6 Å². The Labute approximate surface area is 154 Å². The largest absolute Gasteiger partial charge is 0.358 e. The number of fused-ring (bicyclic) bond motifs is 1. The first-order valence-electron chi connectivity index (χ1n) is 8.97. The Bertz CT molecular complexity index is 1090. The molecule has 0 atom stereocenters. The summed E-state index contributed by atoms with van der Waals surface area (Å²) in [4.78, 5) is 3.78. The lowest BCUT2D eigenvalue weighted by molar-refractivity contribution is 0.567. The first kappa shape index (κ1) is 17.3. The number of aromatic amines is 1. The molecule has 2 aromatic carbocycles. The molecule has 1 fully saturated rings. The van der Waals surface area contributed by atoms with E-state index >= 15 is 0 Å². The number of benzene rings is 2. The van der Waals surface area contributed by atoms with E-state index in [2.05, 4.69) is 28.8 Å². The van der Waals surface area contributed by atoms with Gasteiger partial charge < -0.3 is 4.98 Å². The van der Waals surface area contributed by atoms with Crippen LogP contribution in [-0.4, -0.2) is 19.9 Å². The highest BCUT2D eigenvalue weighted by Crippen LogP contribution is 2.51. The molecule has 136 valence electrons. The summed E-state index contributed by atoms with van der Waals surface area (Å²) in [6.07, 6.45) is 2.01. The van der Waals surface area contributed by atoms with E-state index in [9.17, 15) is 8.42 Å². The summed E-state index contributed by atoms with van der Waals surface area (Å²) >= 11 is 0. The zero-order valence-electron chi connectivity index (χ0n) is 15.4. The third-order valence-corrected chi connectivity index (χ3v) is 7.07. The molecule has 0 unspecified atom stereocenters. The van der Waals surface area contributed by atoms with Gasteiger partial charge in [-0.1, -0.05) is 24.3 Å². The first-order valence-corrected chi connectivity index (χ1v) is 10.5. The van der Waals surface area contributed by atoms with Gasteiger partial charge >= 0.3 is 0 Å². The van der Waals surface area contributed by atoms with Gasteiger partial charge in [0.05, 0.1) is 4.90 Å². The monoisotopic (exact) mass is 368 g/mol. The molecule has 0 spiro atoms. The summed E-state index contributed by atoms with van der Waals surface area (Å²) in [5.74, 6) is 0. The molecule has 0 bridgehead atoms. The molecule has 1 aliphatic rings. The minimum atomic E-state index is -3.51. The van der Waals surface area contributed by atoms with Crippen molar-refractivity contribution in [2.24, 2.45) is 0 Å². The zero-order chi connectivity index (χ0) is 18.5. The highest BCUT2D eigenvalue weighted by Gasteiger charge is 2.47. The highest BCUT2D eigenvalue weighted by atomic mass is 32.2. The highest BCUT2D eigenvalue weighted by molar-refractivity contribution is 7.89. The molecule has 3 aromatic rings. The van der Waals surface area contributed by atoms with Crippen LogP contribution in [0.4, 0.5) is 0 Å². The van der Waals surface area contributed by atoms with Crippen molar-refractivity contribution in [3.8, 4) is 0 Å². The Kier molecular flexibility index (Phi) is 3.97. The number of aryl methyl sites for hydroxylation is 3. The van der Waals surface area contributed by atoms with Crippen LogP contribution in [0.2, 0.25) is 0 Å². The third kappa shape index (κ3) is 2.85. The Hall–Kier alpha value is -2.11. The lowest BCUT2D eigenvalue weighted by Crippen LogP contribution is -2.32. The molecule has 4 rings (SSSR count). The molecule has 1 saturated carbocycles. The van der Waals surface area contributed by atoms with Crippen molar-refractivity contribution < 1.29 is 8.42 Å². The van der Waals surface area contributed by atoms with Crippen LogP contribution in [0.25, 0.3) is 10.9 Å². The van der Waals surface area contributed by atoms with Crippen LogP contribution >= 0.6 is 0 Å². The van der Waals surface area contributed by atoms with Crippen LogP contribution in [0.1, 0.15) is 35.2 Å². The van der Waals surface area contributed by atoms with Crippen LogP contribution in [0.5, 0.6) is 0 Å². The Morgan fingerprint density at radius 1 is 1.04 bits per heavy atom. The third-order valence-electron chi connectivity index (χ3n) is 5.67. The van der Waals surface area contributed by atoms with Gasteiger partial charge in [-0.3, -0.25) is 0 Å². The van der Waals surface area contributed by atoms with E-state index in [0.29, 0.717) is 11.4 Å². The van der Waals surface area contributed by atoms with Crippen LogP contribution in [0.3, 0.4) is 0 Å². The van der Waals surface area contributed by atoms with Crippen LogP contribution < -0.4 is 4.72 Å². The van der Waals surface area contributed by atoms with Crippen LogP contribution in [0, 0.1) is 20.8 Å². The number of sulfonamides is 1. The van der Waals surface area contributed by atoms with Crippen molar-refractivity contribution in [1.29, 1.82) is 0 Å². The summed E-state index contributed by atoms with van der Waals surface area (Å²) < 4.78 is 28.4. The van der Waals surface area contributed by atoms with Crippen molar-refractivity contribution in [2.45, 2.75) is 43.9 Å². The minimum absolute atomic E-state index is 0.101. The lowest BCUT2D eigenvalue weighted by Gasteiger charge is -2.18.